The molecule has 1 aliphatic carbocycles. The number of rotatable bonds is 15. The van der Waals surface area contributed by atoms with Gasteiger partial charge in [-0.15, -0.1) is 0 Å². The first-order valence-corrected chi connectivity index (χ1v) is 20.3. The lowest BCUT2D eigenvalue weighted by Gasteiger charge is -2.22. The SMILES string of the molecule is C=CC1=C(C)C2=NC1=CC1=NC(=CC3=C(C)C4=C(O)C(C(=O)OC)C(=C5NC(=C2)C(C)C5CCC(=O)NC(CCCCN)C(=O)NCCCC)C4=N3)C(CC)=C1C. The third kappa shape index (κ3) is 7.84. The molecule has 5 heterocycles. The molecule has 6 aliphatic rings. The van der Waals surface area contributed by atoms with Crippen molar-refractivity contribution in [3.05, 3.63) is 104 Å². The molecule has 0 saturated carbocycles. The standard InChI is InChI=1S/C45H57N7O5/c1-9-12-19-47-44(55)30(15-13-14-18-46)50-37(53)17-16-29-25(6)33-20-31-23(4)27(10-2)35(48-31)21-32-24(5)28(11-3)36(49-32)22-34-26(7)38-42(52-34)39(41(29)51-33)40(43(38)54)45(56)57-8/h10,20-22,25,29-30,40,51,54H,2,9,11-19,46H2,1,3-8H3,(H,47,55)(H,50,53). The van der Waals surface area contributed by atoms with Crippen molar-refractivity contribution in [1.82, 2.24) is 16.0 Å². The van der Waals surface area contributed by atoms with Crippen LogP contribution in [0, 0.1) is 17.8 Å². The molecule has 1 fully saturated rings. The highest BCUT2D eigenvalue weighted by atomic mass is 16.5. The van der Waals surface area contributed by atoms with Crippen molar-refractivity contribution >= 4 is 34.9 Å². The predicted molar refractivity (Wildman–Crippen MR) is 225 cm³/mol. The zero-order chi connectivity index (χ0) is 41.1. The molecule has 4 atom stereocenters. The van der Waals surface area contributed by atoms with Crippen molar-refractivity contribution in [3.63, 3.8) is 0 Å². The van der Waals surface area contributed by atoms with Crippen LogP contribution in [-0.4, -0.2) is 66.3 Å². The molecule has 0 aromatic carbocycles. The number of nitrogens with zero attached hydrogens (tertiary/aromatic N) is 3. The molecule has 1 saturated heterocycles. The Morgan fingerprint density at radius 3 is 2.44 bits per heavy atom. The number of fused-ring (bicyclic) bond motifs is 5. The van der Waals surface area contributed by atoms with Crippen LogP contribution in [0.25, 0.3) is 0 Å². The maximum atomic E-state index is 13.7. The second-order valence-electron chi connectivity index (χ2n) is 15.5. The number of methoxy groups -OCH3 is 1. The van der Waals surface area contributed by atoms with Gasteiger partial charge in [-0.25, -0.2) is 15.0 Å². The Labute approximate surface area is 336 Å². The Balaban J connectivity index is 1.46. The Morgan fingerprint density at radius 1 is 1.02 bits per heavy atom. The summed E-state index contributed by atoms with van der Waals surface area (Å²) in [4.78, 5) is 55.8. The van der Waals surface area contributed by atoms with Gasteiger partial charge < -0.3 is 31.5 Å². The average Bonchev–Trinajstić information content (AvgIpc) is 3.93. The van der Waals surface area contributed by atoms with E-state index in [4.69, 9.17) is 25.4 Å². The average molecular weight is 776 g/mol. The summed E-state index contributed by atoms with van der Waals surface area (Å²) in [6, 6.07) is -0.670. The Hall–Kier alpha value is -5.36. The molecule has 2 amide bonds. The minimum absolute atomic E-state index is 0.117. The summed E-state index contributed by atoms with van der Waals surface area (Å²) in [5.74, 6) is -2.75. The largest absolute Gasteiger partial charge is 0.510 e. The molecule has 0 spiro atoms. The summed E-state index contributed by atoms with van der Waals surface area (Å²) in [6.07, 6.45) is 12.8. The summed E-state index contributed by atoms with van der Waals surface area (Å²) in [6.45, 7) is 17.4. The molecule has 8 bridgehead atoms. The number of amides is 2. The lowest BCUT2D eigenvalue weighted by molar-refractivity contribution is -0.143. The van der Waals surface area contributed by atoms with Gasteiger partial charge in [0.2, 0.25) is 11.8 Å². The van der Waals surface area contributed by atoms with Gasteiger partial charge in [0.05, 0.1) is 41.3 Å². The monoisotopic (exact) mass is 775 g/mol. The molecule has 4 unspecified atom stereocenters. The van der Waals surface area contributed by atoms with Gasteiger partial charge in [0.25, 0.3) is 0 Å². The van der Waals surface area contributed by atoms with Gasteiger partial charge in [0, 0.05) is 52.9 Å². The number of ether oxygens (including phenoxy) is 1. The van der Waals surface area contributed by atoms with Gasteiger partial charge in [-0.05, 0) is 106 Å². The molecule has 0 radical (unpaired) electrons. The van der Waals surface area contributed by atoms with E-state index in [9.17, 15) is 19.5 Å². The van der Waals surface area contributed by atoms with Crippen molar-refractivity contribution in [3.8, 4) is 0 Å². The van der Waals surface area contributed by atoms with Gasteiger partial charge in [-0.3, -0.25) is 14.4 Å². The first-order valence-electron chi connectivity index (χ1n) is 20.3. The minimum Gasteiger partial charge on any atom is -0.510 e. The number of nitrogens with two attached hydrogens (primary N) is 1. The fourth-order valence-corrected chi connectivity index (χ4v) is 8.60. The van der Waals surface area contributed by atoms with Crippen LogP contribution in [0.2, 0.25) is 0 Å². The Kier molecular flexibility index (Phi) is 12.6. The van der Waals surface area contributed by atoms with E-state index < -0.39 is 17.9 Å². The number of carbonyl (C=O) groups excluding carboxylic acids is 3. The van der Waals surface area contributed by atoms with Crippen LogP contribution in [-0.2, 0) is 19.1 Å². The van der Waals surface area contributed by atoms with E-state index in [0.717, 1.165) is 82.1 Å². The predicted octanol–water partition coefficient (Wildman–Crippen LogP) is 6.55. The fourth-order valence-electron chi connectivity index (χ4n) is 8.60. The molecule has 5 aliphatic heterocycles. The smallest absolute Gasteiger partial charge is 0.321 e. The first-order chi connectivity index (χ1) is 27.4. The van der Waals surface area contributed by atoms with Crippen molar-refractivity contribution in [1.29, 1.82) is 0 Å². The Morgan fingerprint density at radius 2 is 1.75 bits per heavy atom. The van der Waals surface area contributed by atoms with Gasteiger partial charge in [-0.2, -0.15) is 0 Å². The summed E-state index contributed by atoms with van der Waals surface area (Å²) >= 11 is 0. The lowest BCUT2D eigenvalue weighted by atomic mass is 9.84. The van der Waals surface area contributed by atoms with Crippen molar-refractivity contribution in [2.45, 2.75) is 99.0 Å². The van der Waals surface area contributed by atoms with Crippen LogP contribution >= 0.6 is 0 Å². The second kappa shape index (κ2) is 17.4. The number of unbranched alkanes of at least 4 members (excludes halogenated alkanes) is 2. The van der Waals surface area contributed by atoms with E-state index in [0.29, 0.717) is 60.6 Å². The first kappa shape index (κ1) is 41.3. The molecule has 12 nitrogen and oxygen atoms in total. The summed E-state index contributed by atoms with van der Waals surface area (Å²) in [5.41, 5.74) is 17.3. The van der Waals surface area contributed by atoms with Crippen LogP contribution in [0.5, 0.6) is 0 Å². The molecule has 12 heteroatoms. The molecule has 6 rings (SSSR count). The van der Waals surface area contributed by atoms with Crippen molar-refractivity contribution < 1.29 is 24.2 Å². The topological polar surface area (TPSA) is 180 Å². The van der Waals surface area contributed by atoms with Crippen molar-refractivity contribution in [2.75, 3.05) is 20.2 Å². The minimum atomic E-state index is -1.12. The molecular formula is C45H57N7O5. The highest BCUT2D eigenvalue weighted by Crippen LogP contribution is 2.49. The van der Waals surface area contributed by atoms with Crippen LogP contribution in [0.3, 0.4) is 0 Å². The zero-order valence-electron chi connectivity index (χ0n) is 34.4. The van der Waals surface area contributed by atoms with Gasteiger partial charge in [0.15, 0.2) is 0 Å². The lowest BCUT2D eigenvalue weighted by Crippen LogP contribution is -2.47. The summed E-state index contributed by atoms with van der Waals surface area (Å²) < 4.78 is 5.29. The molecule has 57 heavy (non-hydrogen) atoms. The van der Waals surface area contributed by atoms with E-state index in [1.165, 1.54) is 7.11 Å². The number of carbonyl (C=O) groups is 3. The van der Waals surface area contributed by atoms with Crippen molar-refractivity contribution in [2.24, 2.45) is 38.5 Å². The third-order valence-electron chi connectivity index (χ3n) is 12.0. The number of aliphatic hydroxyl groups excluding tert-OH is 1. The maximum absolute atomic E-state index is 13.7. The zero-order valence-corrected chi connectivity index (χ0v) is 34.4. The highest BCUT2D eigenvalue weighted by Gasteiger charge is 2.49. The number of allylic oxidation sites excluding steroid dienone is 11. The summed E-state index contributed by atoms with van der Waals surface area (Å²) in [5, 5.41) is 21.5. The maximum Gasteiger partial charge on any atom is 0.321 e. The van der Waals surface area contributed by atoms with Crippen LogP contribution in [0.4, 0.5) is 0 Å². The molecular weight excluding hydrogens is 719 g/mol. The van der Waals surface area contributed by atoms with E-state index in [1.807, 2.05) is 38.2 Å². The van der Waals surface area contributed by atoms with E-state index in [-0.39, 0.29) is 35.8 Å². The highest BCUT2D eigenvalue weighted by molar-refractivity contribution is 6.24. The second-order valence-corrected chi connectivity index (χ2v) is 15.5. The number of aliphatic imine (C=N–C) groups is 3. The molecule has 0 aromatic heterocycles. The molecule has 0 aromatic rings. The normalized spacial score (nSPS) is 22.9. The number of esters is 1. The van der Waals surface area contributed by atoms with Crippen LogP contribution in [0.15, 0.2) is 119 Å². The number of hydrogen-bond donors (Lipinski definition) is 5. The molecule has 302 valence electrons. The van der Waals surface area contributed by atoms with E-state index >= 15 is 0 Å². The van der Waals surface area contributed by atoms with Crippen LogP contribution in [0.1, 0.15) is 92.9 Å². The van der Waals surface area contributed by atoms with Gasteiger partial charge in [-0.1, -0.05) is 39.8 Å². The van der Waals surface area contributed by atoms with Gasteiger partial charge in [0.1, 0.15) is 17.7 Å². The van der Waals surface area contributed by atoms with Gasteiger partial charge >= 0.3 is 5.97 Å². The number of aliphatic hydroxyl groups is 1. The van der Waals surface area contributed by atoms with E-state index in [2.05, 4.69) is 50.2 Å². The summed E-state index contributed by atoms with van der Waals surface area (Å²) in [7, 11) is 1.31. The number of nitrogens with one attached hydrogen (secondary N) is 3. The van der Waals surface area contributed by atoms with Crippen LogP contribution < -0.4 is 21.7 Å². The fraction of sp³-hybridized carbons (Fsp3) is 0.467. The van der Waals surface area contributed by atoms with E-state index in [1.54, 1.807) is 0 Å². The molecule has 6 N–H and O–H groups in total. The Bertz CT molecular complexity index is 2130. The number of hydrogen-bond acceptors (Lipinski definition) is 10. The third-order valence-corrected chi connectivity index (χ3v) is 12.0. The quantitative estimate of drug-likeness (QED) is 0.0924.